The zero-order chi connectivity index (χ0) is 10.7. The molecule has 0 N–H and O–H groups in total. The van der Waals surface area contributed by atoms with E-state index >= 15 is 0 Å². The van der Waals surface area contributed by atoms with Gasteiger partial charge in [-0.25, -0.2) is 13.8 Å². The fraction of sp³-hybridized carbons (Fsp3) is 0.250. The van der Waals surface area contributed by atoms with E-state index in [-0.39, 0.29) is 22.3 Å². The molecule has 0 amide bonds. The number of aromatic nitrogens is 1. The maximum atomic E-state index is 12.5. The van der Waals surface area contributed by atoms with Crippen LogP contribution in [0.2, 0.25) is 10.2 Å². The van der Waals surface area contributed by atoms with Crippen molar-refractivity contribution >= 4 is 23.2 Å². The number of rotatable bonds is 2. The lowest BCUT2D eigenvalue weighted by Crippen LogP contribution is -1.99. The molecular weight excluding hydrogens is 233 g/mol. The summed E-state index contributed by atoms with van der Waals surface area (Å²) in [6.07, 6.45) is -2.99. The second kappa shape index (κ2) is 4.54. The van der Waals surface area contributed by atoms with Crippen LogP contribution in [0.25, 0.3) is 0 Å². The second-order valence-electron chi connectivity index (χ2n) is 2.42. The topological polar surface area (TPSA) is 36.7 Å². The summed E-state index contributed by atoms with van der Waals surface area (Å²) in [5.41, 5.74) is -0.488. The third-order valence-electron chi connectivity index (χ3n) is 1.52. The van der Waals surface area contributed by atoms with Crippen LogP contribution in [0, 0.1) is 11.3 Å². The number of nitriles is 1. The molecule has 0 aromatic carbocycles. The highest BCUT2D eigenvalue weighted by molar-refractivity contribution is 6.34. The number of hydrogen-bond acceptors (Lipinski definition) is 2. The first kappa shape index (κ1) is 11.2. The maximum absolute atomic E-state index is 12.5. The molecule has 0 aliphatic heterocycles. The molecule has 0 aliphatic rings. The summed E-state index contributed by atoms with van der Waals surface area (Å²) in [6.45, 7) is 0. The molecule has 0 spiro atoms. The summed E-state index contributed by atoms with van der Waals surface area (Å²) < 4.78 is 24.9. The lowest BCUT2D eigenvalue weighted by Gasteiger charge is -2.07. The van der Waals surface area contributed by atoms with Gasteiger partial charge in [0.2, 0.25) is 0 Å². The Kier molecular flexibility index (Phi) is 3.62. The number of nitrogens with zero attached hydrogens (tertiary/aromatic N) is 2. The Hall–Kier alpha value is -0.920. The van der Waals surface area contributed by atoms with Gasteiger partial charge in [-0.3, -0.25) is 0 Å². The summed E-state index contributed by atoms with van der Waals surface area (Å²) in [5.74, 6) is 0. The van der Waals surface area contributed by atoms with Crippen LogP contribution >= 0.6 is 23.2 Å². The van der Waals surface area contributed by atoms with Crippen molar-refractivity contribution in [3.8, 4) is 6.07 Å². The average molecular weight is 237 g/mol. The van der Waals surface area contributed by atoms with E-state index in [1.807, 2.05) is 0 Å². The molecule has 0 aliphatic carbocycles. The largest absolute Gasteiger partial charge is 0.267 e. The summed E-state index contributed by atoms with van der Waals surface area (Å²) >= 11 is 11.1. The molecule has 0 bridgehead atoms. The molecule has 1 rings (SSSR count). The Morgan fingerprint density at radius 2 is 2.14 bits per heavy atom. The minimum Gasteiger partial charge on any atom is -0.239 e. The first-order valence-electron chi connectivity index (χ1n) is 3.56. The van der Waals surface area contributed by atoms with Gasteiger partial charge >= 0.3 is 0 Å². The lowest BCUT2D eigenvalue weighted by atomic mass is 10.1. The zero-order valence-corrected chi connectivity index (χ0v) is 8.28. The van der Waals surface area contributed by atoms with Gasteiger partial charge in [0, 0.05) is 0 Å². The van der Waals surface area contributed by atoms with E-state index in [0.717, 1.165) is 6.07 Å². The number of alkyl halides is 2. The summed E-state index contributed by atoms with van der Waals surface area (Å²) in [5, 5.41) is 8.23. The van der Waals surface area contributed by atoms with Gasteiger partial charge in [-0.1, -0.05) is 23.2 Å². The highest BCUT2D eigenvalue weighted by Crippen LogP contribution is 2.31. The molecule has 1 aromatic heterocycles. The molecule has 1 aromatic rings. The summed E-state index contributed by atoms with van der Waals surface area (Å²) in [7, 11) is 0. The van der Waals surface area contributed by atoms with Crippen molar-refractivity contribution in [3.05, 3.63) is 27.5 Å². The van der Waals surface area contributed by atoms with E-state index in [1.165, 1.54) is 0 Å². The lowest BCUT2D eigenvalue weighted by molar-refractivity contribution is 0.150. The standard InChI is InChI=1S/C8H4Cl2F2N2/c9-4-3-6(10)14-5(1-2-13)7(4)8(11)12/h3,8H,1H2. The predicted octanol–water partition coefficient (Wildman–Crippen LogP) is 3.39. The van der Waals surface area contributed by atoms with E-state index < -0.39 is 12.0 Å². The molecule has 74 valence electrons. The van der Waals surface area contributed by atoms with Crippen molar-refractivity contribution in [1.29, 1.82) is 5.26 Å². The summed E-state index contributed by atoms with van der Waals surface area (Å²) in [4.78, 5) is 3.62. The van der Waals surface area contributed by atoms with E-state index in [9.17, 15) is 8.78 Å². The molecule has 0 saturated heterocycles. The van der Waals surface area contributed by atoms with Crippen LogP contribution in [-0.2, 0) is 6.42 Å². The molecular formula is C8H4Cl2F2N2. The van der Waals surface area contributed by atoms with E-state index in [0.29, 0.717) is 0 Å². The van der Waals surface area contributed by atoms with Crippen molar-refractivity contribution in [3.63, 3.8) is 0 Å². The van der Waals surface area contributed by atoms with Crippen LogP contribution in [0.1, 0.15) is 17.7 Å². The van der Waals surface area contributed by atoms with Gasteiger partial charge in [-0.05, 0) is 6.07 Å². The van der Waals surface area contributed by atoms with Crippen molar-refractivity contribution in [2.45, 2.75) is 12.8 Å². The molecule has 2 nitrogen and oxygen atoms in total. The highest BCUT2D eigenvalue weighted by atomic mass is 35.5. The first-order valence-corrected chi connectivity index (χ1v) is 4.31. The quantitative estimate of drug-likeness (QED) is 0.739. The van der Waals surface area contributed by atoms with Crippen molar-refractivity contribution in [2.75, 3.05) is 0 Å². The predicted molar refractivity (Wildman–Crippen MR) is 48.5 cm³/mol. The molecule has 6 heteroatoms. The van der Waals surface area contributed by atoms with Crippen molar-refractivity contribution in [2.24, 2.45) is 0 Å². The number of halogens is 4. The normalized spacial score (nSPS) is 10.3. The highest BCUT2D eigenvalue weighted by Gasteiger charge is 2.19. The van der Waals surface area contributed by atoms with Crippen molar-refractivity contribution in [1.82, 2.24) is 4.98 Å². The molecule has 0 fully saturated rings. The van der Waals surface area contributed by atoms with Crippen LogP contribution in [0.4, 0.5) is 8.78 Å². The Bertz CT molecular complexity index is 388. The van der Waals surface area contributed by atoms with Crippen LogP contribution in [0.15, 0.2) is 6.07 Å². The minimum atomic E-state index is -2.75. The van der Waals surface area contributed by atoms with Crippen LogP contribution in [0.3, 0.4) is 0 Å². The Labute approximate surface area is 89.1 Å². The second-order valence-corrected chi connectivity index (χ2v) is 3.22. The molecule has 0 unspecified atom stereocenters. The van der Waals surface area contributed by atoms with Crippen LogP contribution in [-0.4, -0.2) is 4.98 Å². The Morgan fingerprint density at radius 1 is 1.50 bits per heavy atom. The van der Waals surface area contributed by atoms with E-state index in [4.69, 9.17) is 28.5 Å². The molecule has 0 saturated carbocycles. The Balaban J connectivity index is 3.30. The molecule has 14 heavy (non-hydrogen) atoms. The monoisotopic (exact) mass is 236 g/mol. The smallest absolute Gasteiger partial charge is 0.239 e. The van der Waals surface area contributed by atoms with E-state index in [1.54, 1.807) is 6.07 Å². The molecule has 0 radical (unpaired) electrons. The van der Waals surface area contributed by atoms with Gasteiger partial charge in [0.05, 0.1) is 28.8 Å². The fourth-order valence-corrected chi connectivity index (χ4v) is 1.54. The average Bonchev–Trinajstić information content (AvgIpc) is 2.01. The summed E-state index contributed by atoms with van der Waals surface area (Å²) in [6, 6.07) is 2.85. The molecule has 0 atom stereocenters. The van der Waals surface area contributed by atoms with E-state index in [2.05, 4.69) is 4.98 Å². The number of hydrogen-bond donors (Lipinski definition) is 0. The van der Waals surface area contributed by atoms with Gasteiger partial charge in [0.25, 0.3) is 6.43 Å². The zero-order valence-electron chi connectivity index (χ0n) is 6.77. The minimum absolute atomic E-state index is 0.00431. The number of pyridine rings is 1. The van der Waals surface area contributed by atoms with Crippen LogP contribution < -0.4 is 0 Å². The van der Waals surface area contributed by atoms with Gasteiger partial charge in [0.15, 0.2) is 0 Å². The van der Waals surface area contributed by atoms with Gasteiger partial charge in [0.1, 0.15) is 5.15 Å². The SMILES string of the molecule is N#CCc1nc(Cl)cc(Cl)c1C(F)F. The van der Waals surface area contributed by atoms with Gasteiger partial charge in [-0.2, -0.15) is 5.26 Å². The third-order valence-corrected chi connectivity index (χ3v) is 2.03. The van der Waals surface area contributed by atoms with Crippen molar-refractivity contribution < 1.29 is 8.78 Å². The molecule has 1 heterocycles. The maximum Gasteiger partial charge on any atom is 0.267 e. The fourth-order valence-electron chi connectivity index (χ4n) is 0.981. The Morgan fingerprint density at radius 3 is 2.64 bits per heavy atom. The first-order chi connectivity index (χ1) is 6.56. The van der Waals surface area contributed by atoms with Gasteiger partial charge in [-0.15, -0.1) is 0 Å². The van der Waals surface area contributed by atoms with Crippen LogP contribution in [0.5, 0.6) is 0 Å². The third kappa shape index (κ3) is 2.31. The van der Waals surface area contributed by atoms with Gasteiger partial charge < -0.3 is 0 Å².